The van der Waals surface area contributed by atoms with E-state index in [0.717, 1.165) is 10.9 Å². The largest absolute Gasteiger partial charge is 0.487 e. The van der Waals surface area contributed by atoms with Crippen LogP contribution >= 0.6 is 39.1 Å². The summed E-state index contributed by atoms with van der Waals surface area (Å²) in [5.41, 5.74) is 6.07. The number of hydrogen-bond donors (Lipinski definition) is 1. The molecule has 0 aliphatic rings. The Morgan fingerprint density at radius 2 is 1.84 bits per heavy atom. The van der Waals surface area contributed by atoms with Crippen LogP contribution in [0.15, 0.2) is 16.6 Å². The zero-order valence-electron chi connectivity index (χ0n) is 11.6. The second-order valence-corrected chi connectivity index (χ2v) is 7.34. The minimum Gasteiger partial charge on any atom is -0.487 e. The summed E-state index contributed by atoms with van der Waals surface area (Å²) in [6.45, 7) is 8.34. The third-order valence-electron chi connectivity index (χ3n) is 2.94. The van der Waals surface area contributed by atoms with Gasteiger partial charge in [-0.05, 0) is 28.4 Å². The lowest BCUT2D eigenvalue weighted by Crippen LogP contribution is -2.47. The van der Waals surface area contributed by atoms with Gasteiger partial charge in [-0.2, -0.15) is 0 Å². The zero-order chi connectivity index (χ0) is 14.8. The SMILES string of the molecule is CCC(N)C(Oc1cc(Cl)c(Br)cc1Cl)C(C)(C)C. The Morgan fingerprint density at radius 1 is 1.26 bits per heavy atom. The van der Waals surface area contributed by atoms with Crippen LogP contribution in [0.3, 0.4) is 0 Å². The molecule has 2 atom stereocenters. The predicted molar refractivity (Wildman–Crippen MR) is 86.3 cm³/mol. The van der Waals surface area contributed by atoms with E-state index in [4.69, 9.17) is 33.7 Å². The van der Waals surface area contributed by atoms with Crippen LogP contribution in [-0.2, 0) is 0 Å². The maximum Gasteiger partial charge on any atom is 0.139 e. The average Bonchev–Trinajstić information content (AvgIpc) is 2.29. The van der Waals surface area contributed by atoms with Gasteiger partial charge in [0.25, 0.3) is 0 Å². The summed E-state index contributed by atoms with van der Waals surface area (Å²) in [5, 5.41) is 1.09. The molecule has 0 radical (unpaired) electrons. The molecular weight excluding hydrogens is 349 g/mol. The van der Waals surface area contributed by atoms with E-state index in [-0.39, 0.29) is 17.6 Å². The first kappa shape index (κ1) is 17.1. The quantitative estimate of drug-likeness (QED) is 0.733. The maximum absolute atomic E-state index is 6.19. The van der Waals surface area contributed by atoms with Crippen molar-refractivity contribution >= 4 is 39.1 Å². The molecule has 0 spiro atoms. The summed E-state index contributed by atoms with van der Waals surface area (Å²) in [5.74, 6) is 0.568. The number of hydrogen-bond acceptors (Lipinski definition) is 2. The highest BCUT2D eigenvalue weighted by molar-refractivity contribution is 9.10. The molecule has 1 aromatic carbocycles. The molecule has 2 unspecified atom stereocenters. The topological polar surface area (TPSA) is 35.2 Å². The molecule has 0 bridgehead atoms. The molecule has 19 heavy (non-hydrogen) atoms. The van der Waals surface area contributed by atoms with Gasteiger partial charge < -0.3 is 10.5 Å². The van der Waals surface area contributed by atoms with Gasteiger partial charge in [0.2, 0.25) is 0 Å². The lowest BCUT2D eigenvalue weighted by molar-refractivity contribution is 0.0622. The fourth-order valence-corrected chi connectivity index (χ4v) is 2.69. The van der Waals surface area contributed by atoms with Crippen LogP contribution in [0.4, 0.5) is 0 Å². The van der Waals surface area contributed by atoms with Crippen molar-refractivity contribution in [2.75, 3.05) is 0 Å². The van der Waals surface area contributed by atoms with Gasteiger partial charge in [0.15, 0.2) is 0 Å². The van der Waals surface area contributed by atoms with Gasteiger partial charge in [0.1, 0.15) is 11.9 Å². The number of rotatable bonds is 4. The molecule has 0 aliphatic heterocycles. The van der Waals surface area contributed by atoms with Crippen LogP contribution in [0.2, 0.25) is 10.0 Å². The summed E-state index contributed by atoms with van der Waals surface area (Å²) in [7, 11) is 0. The van der Waals surface area contributed by atoms with Gasteiger partial charge in [-0.1, -0.05) is 50.9 Å². The molecule has 108 valence electrons. The van der Waals surface area contributed by atoms with Gasteiger partial charge in [-0.25, -0.2) is 0 Å². The molecule has 0 fully saturated rings. The van der Waals surface area contributed by atoms with Crippen molar-refractivity contribution in [2.45, 2.75) is 46.3 Å². The molecule has 0 amide bonds. The standard InChI is InChI=1S/C14H20BrCl2NO/c1-5-11(18)13(14(2,3)4)19-12-7-9(16)8(15)6-10(12)17/h6-7,11,13H,5,18H2,1-4H3. The minimum atomic E-state index is -0.132. The summed E-state index contributed by atoms with van der Waals surface area (Å²) in [4.78, 5) is 0. The van der Waals surface area contributed by atoms with Crippen molar-refractivity contribution in [1.82, 2.24) is 0 Å². The molecule has 0 heterocycles. The van der Waals surface area contributed by atoms with Gasteiger partial charge in [0, 0.05) is 22.0 Å². The highest BCUT2D eigenvalue weighted by atomic mass is 79.9. The highest BCUT2D eigenvalue weighted by Gasteiger charge is 2.32. The summed E-state index contributed by atoms with van der Waals surface area (Å²) >= 11 is 15.6. The van der Waals surface area contributed by atoms with E-state index in [1.807, 2.05) is 6.92 Å². The third-order valence-corrected chi connectivity index (χ3v) is 4.44. The molecular formula is C14H20BrCl2NO. The second-order valence-electron chi connectivity index (χ2n) is 5.67. The molecule has 0 aromatic heterocycles. The van der Waals surface area contributed by atoms with Gasteiger partial charge in [-0.3, -0.25) is 0 Å². The van der Waals surface area contributed by atoms with Crippen molar-refractivity contribution in [3.8, 4) is 5.75 Å². The number of ether oxygens (including phenoxy) is 1. The third kappa shape index (κ3) is 4.52. The van der Waals surface area contributed by atoms with Crippen LogP contribution < -0.4 is 10.5 Å². The minimum absolute atomic E-state index is 0.0570. The first-order chi connectivity index (χ1) is 8.66. The van der Waals surface area contributed by atoms with Crippen LogP contribution in [0.25, 0.3) is 0 Å². The van der Waals surface area contributed by atoms with Crippen LogP contribution in [-0.4, -0.2) is 12.1 Å². The van der Waals surface area contributed by atoms with Crippen LogP contribution in [0.1, 0.15) is 34.1 Å². The number of nitrogens with two attached hydrogens (primary N) is 1. The van der Waals surface area contributed by atoms with E-state index in [1.54, 1.807) is 12.1 Å². The fraction of sp³-hybridized carbons (Fsp3) is 0.571. The second kappa shape index (κ2) is 6.66. The smallest absolute Gasteiger partial charge is 0.139 e. The summed E-state index contributed by atoms with van der Waals surface area (Å²) in [6.07, 6.45) is 0.705. The monoisotopic (exact) mass is 367 g/mol. The van der Waals surface area contributed by atoms with Gasteiger partial charge >= 0.3 is 0 Å². The van der Waals surface area contributed by atoms with Gasteiger partial charge in [-0.15, -0.1) is 0 Å². The van der Waals surface area contributed by atoms with Crippen LogP contribution in [0, 0.1) is 5.41 Å². The van der Waals surface area contributed by atoms with E-state index in [9.17, 15) is 0 Å². The Morgan fingerprint density at radius 3 is 2.32 bits per heavy atom. The van der Waals surface area contributed by atoms with Crippen LogP contribution in [0.5, 0.6) is 5.75 Å². The normalized spacial score (nSPS) is 15.2. The maximum atomic E-state index is 6.19. The van der Waals surface area contributed by atoms with Crippen molar-refractivity contribution < 1.29 is 4.74 Å². The first-order valence-electron chi connectivity index (χ1n) is 6.23. The Bertz CT molecular complexity index is 446. The highest BCUT2D eigenvalue weighted by Crippen LogP contribution is 2.37. The lowest BCUT2D eigenvalue weighted by atomic mass is 9.84. The Labute approximate surface area is 133 Å². The van der Waals surface area contributed by atoms with E-state index in [0.29, 0.717) is 15.8 Å². The fourth-order valence-electron chi connectivity index (χ4n) is 1.85. The van der Waals surface area contributed by atoms with E-state index >= 15 is 0 Å². The molecule has 1 aromatic rings. The number of halogens is 3. The van der Waals surface area contributed by atoms with E-state index in [1.165, 1.54) is 0 Å². The lowest BCUT2D eigenvalue weighted by Gasteiger charge is -2.35. The zero-order valence-corrected chi connectivity index (χ0v) is 14.7. The van der Waals surface area contributed by atoms with Crippen molar-refractivity contribution in [3.05, 3.63) is 26.7 Å². The molecule has 0 aliphatic carbocycles. The molecule has 1 rings (SSSR count). The molecule has 0 saturated heterocycles. The molecule has 2 N–H and O–H groups in total. The Kier molecular flexibility index (Phi) is 5.99. The first-order valence-corrected chi connectivity index (χ1v) is 7.78. The predicted octanol–water partition coefficient (Wildman–Crippen LogP) is 5.29. The van der Waals surface area contributed by atoms with Gasteiger partial charge in [0.05, 0.1) is 10.0 Å². The van der Waals surface area contributed by atoms with E-state index in [2.05, 4.69) is 36.7 Å². The van der Waals surface area contributed by atoms with Crippen molar-refractivity contribution in [1.29, 1.82) is 0 Å². The molecule has 0 saturated carbocycles. The molecule has 5 heteroatoms. The van der Waals surface area contributed by atoms with Crippen molar-refractivity contribution in [3.63, 3.8) is 0 Å². The van der Waals surface area contributed by atoms with Crippen molar-refractivity contribution in [2.24, 2.45) is 11.1 Å². The van der Waals surface area contributed by atoms with E-state index < -0.39 is 0 Å². The number of benzene rings is 1. The Balaban J connectivity index is 3.07. The average molecular weight is 369 g/mol. The molecule has 2 nitrogen and oxygen atoms in total. The summed E-state index contributed by atoms with van der Waals surface area (Å²) < 4.78 is 6.78. The summed E-state index contributed by atoms with van der Waals surface area (Å²) in [6, 6.07) is 3.39. The Hall–Kier alpha value is 0.0400.